The second-order valence-corrected chi connectivity index (χ2v) is 7.35. The third kappa shape index (κ3) is 3.90. The van der Waals surface area contributed by atoms with Crippen molar-refractivity contribution in [2.45, 2.75) is 24.3 Å². The summed E-state index contributed by atoms with van der Waals surface area (Å²) >= 11 is 1.42. The molecule has 4 aromatic rings. The predicted octanol–water partition coefficient (Wildman–Crippen LogP) is 4.82. The van der Waals surface area contributed by atoms with Crippen LogP contribution in [0.15, 0.2) is 58.1 Å². The fourth-order valence-electron chi connectivity index (χ4n) is 2.46. The number of rotatable bonds is 5. The van der Waals surface area contributed by atoms with Gasteiger partial charge in [-0.15, -0.1) is 15.3 Å². The van der Waals surface area contributed by atoms with Crippen molar-refractivity contribution in [2.75, 3.05) is 0 Å². The molecule has 2 aromatic carbocycles. The number of aryl methyl sites for hydroxylation is 1. The zero-order valence-corrected chi connectivity index (χ0v) is 15.5. The molecular formula is C19H16FN5OS. The van der Waals surface area contributed by atoms with Gasteiger partial charge >= 0.3 is 0 Å². The summed E-state index contributed by atoms with van der Waals surface area (Å²) < 4.78 is 18.8. The van der Waals surface area contributed by atoms with Crippen LogP contribution in [0.2, 0.25) is 0 Å². The minimum absolute atomic E-state index is 0.131. The lowest BCUT2D eigenvalue weighted by atomic mass is 10.1. The van der Waals surface area contributed by atoms with Crippen molar-refractivity contribution >= 4 is 11.8 Å². The third-order valence-electron chi connectivity index (χ3n) is 3.95. The Hall–Kier alpha value is -3.00. The molecule has 0 saturated carbocycles. The highest BCUT2D eigenvalue weighted by Crippen LogP contribution is 2.34. The van der Waals surface area contributed by atoms with Crippen molar-refractivity contribution in [3.63, 3.8) is 0 Å². The second-order valence-electron chi connectivity index (χ2n) is 6.05. The van der Waals surface area contributed by atoms with Crippen LogP contribution in [0, 0.1) is 12.7 Å². The molecule has 0 spiro atoms. The first kappa shape index (κ1) is 17.4. The predicted molar refractivity (Wildman–Crippen MR) is 101 cm³/mol. The van der Waals surface area contributed by atoms with Crippen molar-refractivity contribution in [3.8, 4) is 22.8 Å². The van der Waals surface area contributed by atoms with E-state index in [1.54, 1.807) is 12.1 Å². The zero-order valence-electron chi connectivity index (χ0n) is 14.7. The molecule has 136 valence electrons. The van der Waals surface area contributed by atoms with Gasteiger partial charge in [0.15, 0.2) is 5.82 Å². The minimum Gasteiger partial charge on any atom is -0.419 e. The summed E-state index contributed by atoms with van der Waals surface area (Å²) in [5.41, 5.74) is 2.84. The lowest BCUT2D eigenvalue weighted by molar-refractivity contribution is 0.509. The second kappa shape index (κ2) is 7.32. The number of thioether (sulfide) groups is 1. The van der Waals surface area contributed by atoms with Gasteiger partial charge in [0.2, 0.25) is 16.9 Å². The lowest BCUT2D eigenvalue weighted by Gasteiger charge is -2.02. The van der Waals surface area contributed by atoms with Crippen LogP contribution in [0.5, 0.6) is 0 Å². The van der Waals surface area contributed by atoms with Gasteiger partial charge in [-0.05, 0) is 38.1 Å². The van der Waals surface area contributed by atoms with E-state index in [2.05, 4.69) is 25.4 Å². The van der Waals surface area contributed by atoms with Crippen molar-refractivity contribution in [2.24, 2.45) is 0 Å². The molecule has 27 heavy (non-hydrogen) atoms. The number of benzene rings is 2. The molecule has 0 bridgehead atoms. The molecule has 1 N–H and O–H groups in total. The fourth-order valence-corrected chi connectivity index (χ4v) is 3.21. The average molecular weight is 381 g/mol. The molecule has 1 atom stereocenters. The molecule has 0 fully saturated rings. The van der Waals surface area contributed by atoms with Gasteiger partial charge in [0.1, 0.15) is 5.82 Å². The number of hydrogen-bond donors (Lipinski definition) is 1. The maximum atomic E-state index is 13.0. The van der Waals surface area contributed by atoms with Crippen LogP contribution in [0.1, 0.15) is 23.6 Å². The van der Waals surface area contributed by atoms with Gasteiger partial charge in [-0.25, -0.2) is 9.37 Å². The average Bonchev–Trinajstić information content (AvgIpc) is 3.33. The Bertz CT molecular complexity index is 1040. The first-order chi connectivity index (χ1) is 13.1. The SMILES string of the molecule is Cc1ccc(-c2nc(S[C@H](C)c3nnc(-c4ccc(F)cc4)o3)n[nH]2)cc1. The zero-order chi connectivity index (χ0) is 18.8. The van der Waals surface area contributed by atoms with E-state index < -0.39 is 0 Å². The van der Waals surface area contributed by atoms with Gasteiger partial charge in [0.25, 0.3) is 0 Å². The lowest BCUT2D eigenvalue weighted by Crippen LogP contribution is -1.89. The number of halogens is 1. The largest absolute Gasteiger partial charge is 0.419 e. The quantitative estimate of drug-likeness (QED) is 0.499. The van der Waals surface area contributed by atoms with Gasteiger partial charge in [-0.3, -0.25) is 5.10 Å². The fraction of sp³-hybridized carbons (Fsp3) is 0.158. The molecule has 2 aromatic heterocycles. The van der Waals surface area contributed by atoms with Gasteiger partial charge in [-0.2, -0.15) is 0 Å². The van der Waals surface area contributed by atoms with Crippen LogP contribution in [0.3, 0.4) is 0 Å². The summed E-state index contributed by atoms with van der Waals surface area (Å²) in [6.45, 7) is 3.98. The normalized spacial score (nSPS) is 12.3. The van der Waals surface area contributed by atoms with E-state index >= 15 is 0 Å². The summed E-state index contributed by atoms with van der Waals surface area (Å²) in [6.07, 6.45) is 0. The Morgan fingerprint density at radius 3 is 2.44 bits per heavy atom. The molecule has 0 aliphatic carbocycles. The van der Waals surface area contributed by atoms with E-state index in [1.165, 1.54) is 29.5 Å². The van der Waals surface area contributed by atoms with Gasteiger partial charge in [0.05, 0.1) is 5.25 Å². The number of hydrogen-bond acceptors (Lipinski definition) is 6. The van der Waals surface area contributed by atoms with Gasteiger partial charge < -0.3 is 4.42 Å². The first-order valence-corrected chi connectivity index (χ1v) is 9.22. The first-order valence-electron chi connectivity index (χ1n) is 8.34. The Morgan fingerprint density at radius 1 is 1.00 bits per heavy atom. The topological polar surface area (TPSA) is 80.5 Å². The van der Waals surface area contributed by atoms with E-state index in [9.17, 15) is 4.39 Å². The molecule has 0 aliphatic rings. The van der Waals surface area contributed by atoms with Crippen molar-refractivity contribution in [3.05, 3.63) is 65.8 Å². The third-order valence-corrected chi connectivity index (χ3v) is 4.90. The highest BCUT2D eigenvalue weighted by atomic mass is 32.2. The van der Waals surface area contributed by atoms with E-state index in [-0.39, 0.29) is 11.1 Å². The summed E-state index contributed by atoms with van der Waals surface area (Å²) in [6, 6.07) is 14.0. The smallest absolute Gasteiger partial charge is 0.247 e. The maximum absolute atomic E-state index is 13.0. The van der Waals surface area contributed by atoms with E-state index in [4.69, 9.17) is 4.42 Å². The van der Waals surface area contributed by atoms with Gasteiger partial charge in [0, 0.05) is 11.1 Å². The van der Waals surface area contributed by atoms with Crippen LogP contribution in [-0.4, -0.2) is 25.4 Å². The van der Waals surface area contributed by atoms with E-state index in [1.807, 2.05) is 38.1 Å². The highest BCUT2D eigenvalue weighted by molar-refractivity contribution is 7.99. The molecule has 8 heteroatoms. The molecule has 0 saturated heterocycles. The summed E-state index contributed by atoms with van der Waals surface area (Å²) in [5.74, 6) is 1.22. The van der Waals surface area contributed by atoms with Crippen LogP contribution in [-0.2, 0) is 0 Å². The van der Waals surface area contributed by atoms with E-state index in [0.29, 0.717) is 28.3 Å². The Balaban J connectivity index is 1.47. The van der Waals surface area contributed by atoms with Crippen molar-refractivity contribution in [1.82, 2.24) is 25.4 Å². The van der Waals surface area contributed by atoms with Crippen LogP contribution < -0.4 is 0 Å². The van der Waals surface area contributed by atoms with Gasteiger partial charge in [-0.1, -0.05) is 41.6 Å². The van der Waals surface area contributed by atoms with Crippen LogP contribution in [0.4, 0.5) is 4.39 Å². The molecule has 0 unspecified atom stereocenters. The monoisotopic (exact) mass is 381 g/mol. The number of nitrogens with one attached hydrogen (secondary N) is 1. The molecule has 0 radical (unpaired) electrons. The Kier molecular flexibility index (Phi) is 4.72. The molecule has 6 nitrogen and oxygen atoms in total. The summed E-state index contributed by atoms with van der Waals surface area (Å²) in [7, 11) is 0. The Morgan fingerprint density at radius 2 is 1.70 bits per heavy atom. The standard InChI is InChI=1S/C19H16FN5OS/c1-11-3-5-13(6-4-11)16-21-19(25-22-16)27-12(2)17-23-24-18(26-17)14-7-9-15(20)10-8-14/h3-10,12H,1-2H3,(H,21,22,25)/t12-/m1/s1. The molecule has 0 amide bonds. The number of nitrogens with zero attached hydrogens (tertiary/aromatic N) is 4. The summed E-state index contributed by atoms with van der Waals surface area (Å²) in [5, 5.41) is 15.8. The molecule has 0 aliphatic heterocycles. The van der Waals surface area contributed by atoms with E-state index in [0.717, 1.165) is 5.56 Å². The number of aromatic nitrogens is 5. The Labute approximate surface area is 159 Å². The maximum Gasteiger partial charge on any atom is 0.247 e. The van der Waals surface area contributed by atoms with Crippen LogP contribution in [0.25, 0.3) is 22.8 Å². The minimum atomic E-state index is -0.309. The van der Waals surface area contributed by atoms with Crippen molar-refractivity contribution < 1.29 is 8.81 Å². The highest BCUT2D eigenvalue weighted by Gasteiger charge is 2.18. The molecule has 4 rings (SSSR count). The van der Waals surface area contributed by atoms with Crippen LogP contribution >= 0.6 is 11.8 Å². The molecule has 2 heterocycles. The number of aromatic amines is 1. The van der Waals surface area contributed by atoms with Crippen molar-refractivity contribution in [1.29, 1.82) is 0 Å². The molecular weight excluding hydrogens is 365 g/mol. The summed E-state index contributed by atoms with van der Waals surface area (Å²) in [4.78, 5) is 4.52. The number of H-pyrrole nitrogens is 1.